The summed E-state index contributed by atoms with van der Waals surface area (Å²) in [5.41, 5.74) is -0.250. The topological polar surface area (TPSA) is 75.6 Å². The Bertz CT molecular complexity index is 513. The van der Waals surface area contributed by atoms with Crippen molar-refractivity contribution in [2.45, 2.75) is 45.6 Å². The van der Waals surface area contributed by atoms with Crippen molar-refractivity contribution in [3.05, 3.63) is 29.8 Å². The van der Waals surface area contributed by atoms with Crippen LogP contribution in [0.2, 0.25) is 0 Å². The Kier molecular flexibility index (Phi) is 5.76. The zero-order valence-electron chi connectivity index (χ0n) is 13.0. The number of carboxylic acid groups (broad SMARTS) is 1. The lowest BCUT2D eigenvalue weighted by atomic mass is 9.99. The van der Waals surface area contributed by atoms with Gasteiger partial charge in [0.25, 0.3) is 5.91 Å². The normalized spacial score (nSPS) is 13.6. The molecular weight excluding hydrogens is 270 g/mol. The summed E-state index contributed by atoms with van der Waals surface area (Å²) in [7, 11) is 0. The van der Waals surface area contributed by atoms with Gasteiger partial charge in [0.15, 0.2) is 6.61 Å². The number of benzene rings is 1. The van der Waals surface area contributed by atoms with Crippen LogP contribution in [0.3, 0.4) is 0 Å². The molecule has 0 saturated carbocycles. The third-order valence-corrected chi connectivity index (χ3v) is 3.49. The molecule has 0 aliphatic heterocycles. The van der Waals surface area contributed by atoms with Gasteiger partial charge in [-0.25, -0.2) is 4.79 Å². The molecule has 0 saturated heterocycles. The molecule has 21 heavy (non-hydrogen) atoms. The molecule has 0 aliphatic rings. The second kappa shape index (κ2) is 7.11. The summed E-state index contributed by atoms with van der Waals surface area (Å²) >= 11 is 0. The molecule has 2 N–H and O–H groups in total. The first-order valence-corrected chi connectivity index (χ1v) is 7.06. The molecule has 1 aromatic carbocycles. The van der Waals surface area contributed by atoms with E-state index in [1.165, 1.54) is 6.92 Å². The smallest absolute Gasteiger partial charge is 0.329 e. The van der Waals surface area contributed by atoms with Gasteiger partial charge in [-0.3, -0.25) is 4.79 Å². The molecule has 1 aromatic rings. The molecule has 1 rings (SSSR count). The lowest BCUT2D eigenvalue weighted by Gasteiger charge is -2.24. The minimum Gasteiger partial charge on any atom is -0.483 e. The van der Waals surface area contributed by atoms with E-state index in [1.807, 2.05) is 32.0 Å². The van der Waals surface area contributed by atoms with Gasteiger partial charge in [-0.05, 0) is 30.9 Å². The summed E-state index contributed by atoms with van der Waals surface area (Å²) in [6.07, 6.45) is 0.302. The maximum atomic E-state index is 11.9. The van der Waals surface area contributed by atoms with Crippen LogP contribution >= 0.6 is 0 Å². The first-order chi connectivity index (χ1) is 9.80. The Morgan fingerprint density at radius 3 is 2.48 bits per heavy atom. The van der Waals surface area contributed by atoms with Crippen molar-refractivity contribution < 1.29 is 19.4 Å². The summed E-state index contributed by atoms with van der Waals surface area (Å²) in [4.78, 5) is 23.0. The molecule has 0 aromatic heterocycles. The van der Waals surface area contributed by atoms with Crippen molar-refractivity contribution in [3.8, 4) is 5.75 Å². The van der Waals surface area contributed by atoms with Crippen molar-refractivity contribution in [1.82, 2.24) is 5.32 Å². The van der Waals surface area contributed by atoms with Crippen LogP contribution in [0.4, 0.5) is 0 Å². The zero-order valence-corrected chi connectivity index (χ0v) is 13.0. The third kappa shape index (κ3) is 4.48. The molecule has 0 bridgehead atoms. The minimum absolute atomic E-state index is 0.202. The van der Waals surface area contributed by atoms with E-state index in [1.54, 1.807) is 13.0 Å². The predicted octanol–water partition coefficient (Wildman–Crippen LogP) is 2.56. The number of nitrogens with one attached hydrogen (secondary N) is 1. The van der Waals surface area contributed by atoms with E-state index < -0.39 is 17.4 Å². The highest BCUT2D eigenvalue weighted by atomic mass is 16.5. The second-order valence-electron chi connectivity index (χ2n) is 5.52. The van der Waals surface area contributed by atoms with Gasteiger partial charge in [-0.15, -0.1) is 0 Å². The maximum Gasteiger partial charge on any atom is 0.329 e. The van der Waals surface area contributed by atoms with Gasteiger partial charge in [0, 0.05) is 0 Å². The van der Waals surface area contributed by atoms with Crippen molar-refractivity contribution in [2.75, 3.05) is 6.61 Å². The standard InChI is InChI=1S/C16H23NO4/c1-5-16(4,15(19)20)17-14(18)10-21-13-9-7-6-8-12(13)11(2)3/h6-9,11H,5,10H2,1-4H3,(H,17,18)(H,19,20). The highest BCUT2D eigenvalue weighted by molar-refractivity contribution is 5.87. The summed E-state index contributed by atoms with van der Waals surface area (Å²) in [5.74, 6) is -0.568. The first-order valence-electron chi connectivity index (χ1n) is 7.06. The number of hydrogen-bond donors (Lipinski definition) is 2. The molecule has 0 fully saturated rings. The molecule has 5 heteroatoms. The number of carbonyl (C=O) groups excluding carboxylic acids is 1. The molecule has 0 heterocycles. The number of aliphatic carboxylic acids is 1. The Morgan fingerprint density at radius 1 is 1.33 bits per heavy atom. The molecule has 0 radical (unpaired) electrons. The Labute approximate surface area is 125 Å². The van der Waals surface area contributed by atoms with Crippen molar-refractivity contribution in [1.29, 1.82) is 0 Å². The second-order valence-corrected chi connectivity index (χ2v) is 5.52. The van der Waals surface area contributed by atoms with E-state index in [2.05, 4.69) is 5.32 Å². The average molecular weight is 293 g/mol. The lowest BCUT2D eigenvalue weighted by Crippen LogP contribution is -2.53. The van der Waals surface area contributed by atoms with Gasteiger partial charge in [0.1, 0.15) is 11.3 Å². The van der Waals surface area contributed by atoms with Crippen LogP contribution in [-0.4, -0.2) is 29.1 Å². The van der Waals surface area contributed by atoms with E-state index in [9.17, 15) is 9.59 Å². The van der Waals surface area contributed by atoms with E-state index in [0.717, 1.165) is 5.56 Å². The number of carbonyl (C=O) groups is 2. The molecule has 1 unspecified atom stereocenters. The van der Waals surface area contributed by atoms with Gasteiger partial charge < -0.3 is 15.2 Å². The van der Waals surface area contributed by atoms with E-state index >= 15 is 0 Å². The number of hydrogen-bond acceptors (Lipinski definition) is 3. The van der Waals surface area contributed by atoms with E-state index in [-0.39, 0.29) is 12.5 Å². The van der Waals surface area contributed by atoms with Crippen LogP contribution in [0.5, 0.6) is 5.75 Å². The van der Waals surface area contributed by atoms with E-state index in [0.29, 0.717) is 12.2 Å². The molecule has 1 atom stereocenters. The fourth-order valence-electron chi connectivity index (χ4n) is 1.87. The van der Waals surface area contributed by atoms with Crippen molar-refractivity contribution >= 4 is 11.9 Å². The maximum absolute atomic E-state index is 11.9. The lowest BCUT2D eigenvalue weighted by molar-refractivity contribution is -0.147. The molecular formula is C16H23NO4. The summed E-state index contributed by atoms with van der Waals surface area (Å²) in [5, 5.41) is 11.6. The molecule has 0 spiro atoms. The number of rotatable bonds is 7. The predicted molar refractivity (Wildman–Crippen MR) is 80.5 cm³/mol. The first kappa shape index (κ1) is 17.0. The van der Waals surface area contributed by atoms with Crippen LogP contribution in [0.25, 0.3) is 0 Å². The van der Waals surface area contributed by atoms with Crippen LogP contribution < -0.4 is 10.1 Å². The number of para-hydroxylation sites is 1. The molecule has 5 nitrogen and oxygen atoms in total. The van der Waals surface area contributed by atoms with Gasteiger partial charge in [-0.1, -0.05) is 39.0 Å². The Morgan fingerprint density at radius 2 is 1.95 bits per heavy atom. The molecule has 1 amide bonds. The van der Waals surface area contributed by atoms with Crippen LogP contribution in [-0.2, 0) is 9.59 Å². The van der Waals surface area contributed by atoms with Crippen molar-refractivity contribution in [3.63, 3.8) is 0 Å². The van der Waals surface area contributed by atoms with Gasteiger partial charge in [-0.2, -0.15) is 0 Å². The van der Waals surface area contributed by atoms with Crippen molar-refractivity contribution in [2.24, 2.45) is 0 Å². The fraction of sp³-hybridized carbons (Fsp3) is 0.500. The monoisotopic (exact) mass is 293 g/mol. The number of carboxylic acids is 1. The van der Waals surface area contributed by atoms with Crippen LogP contribution in [0.15, 0.2) is 24.3 Å². The summed E-state index contributed by atoms with van der Waals surface area (Å²) in [6.45, 7) is 7.08. The number of amides is 1. The third-order valence-electron chi connectivity index (χ3n) is 3.49. The molecule has 0 aliphatic carbocycles. The van der Waals surface area contributed by atoms with Crippen LogP contribution in [0.1, 0.15) is 45.6 Å². The average Bonchev–Trinajstić information content (AvgIpc) is 2.44. The van der Waals surface area contributed by atoms with E-state index in [4.69, 9.17) is 9.84 Å². The Balaban J connectivity index is 2.68. The summed E-state index contributed by atoms with van der Waals surface area (Å²) < 4.78 is 5.53. The fourth-order valence-corrected chi connectivity index (χ4v) is 1.87. The molecule has 116 valence electrons. The number of ether oxygens (including phenoxy) is 1. The zero-order chi connectivity index (χ0) is 16.0. The Hall–Kier alpha value is -2.04. The van der Waals surface area contributed by atoms with Crippen LogP contribution in [0, 0.1) is 0 Å². The van der Waals surface area contributed by atoms with Gasteiger partial charge in [0.2, 0.25) is 0 Å². The summed E-state index contributed by atoms with van der Waals surface area (Å²) in [6, 6.07) is 7.51. The minimum atomic E-state index is -1.27. The highest BCUT2D eigenvalue weighted by Crippen LogP contribution is 2.25. The van der Waals surface area contributed by atoms with Gasteiger partial charge >= 0.3 is 5.97 Å². The largest absolute Gasteiger partial charge is 0.483 e. The highest BCUT2D eigenvalue weighted by Gasteiger charge is 2.32. The van der Waals surface area contributed by atoms with Gasteiger partial charge in [0.05, 0.1) is 0 Å². The quantitative estimate of drug-likeness (QED) is 0.810. The SMILES string of the molecule is CCC(C)(NC(=O)COc1ccccc1C(C)C)C(=O)O.